The minimum absolute atomic E-state index is 0.697. The van der Waals surface area contributed by atoms with Gasteiger partial charge in [-0.3, -0.25) is 0 Å². The van der Waals surface area contributed by atoms with Crippen molar-refractivity contribution in [3.05, 3.63) is 12.2 Å². The molecule has 92 valence electrons. The summed E-state index contributed by atoms with van der Waals surface area (Å²) in [7, 11) is 0. The van der Waals surface area contributed by atoms with Gasteiger partial charge in [0.1, 0.15) is 12.2 Å². The van der Waals surface area contributed by atoms with Crippen molar-refractivity contribution in [2.24, 2.45) is 11.8 Å². The summed E-state index contributed by atoms with van der Waals surface area (Å²) in [6, 6.07) is 0. The van der Waals surface area contributed by atoms with Gasteiger partial charge in [-0.1, -0.05) is 27.7 Å². The largest absolute Gasteiger partial charge is 0.310 e. The van der Waals surface area contributed by atoms with Gasteiger partial charge >= 0.3 is 0 Å². The molecule has 1 aromatic rings. The van der Waals surface area contributed by atoms with Crippen LogP contribution in [0.1, 0.15) is 39.9 Å². The second-order valence-electron chi connectivity index (χ2n) is 4.75. The maximum absolute atomic E-state index is 4.27. The molecule has 0 spiro atoms. The maximum Gasteiger partial charge on any atom is 0.140 e. The maximum atomic E-state index is 4.27. The fourth-order valence-corrected chi connectivity index (χ4v) is 1.47. The zero-order valence-corrected chi connectivity index (χ0v) is 10.9. The fraction of sp³-hybridized carbons (Fsp3) is 0.833. The molecule has 0 saturated heterocycles. The summed E-state index contributed by atoms with van der Waals surface area (Å²) in [6.07, 6.45) is 2.73. The fourth-order valence-electron chi connectivity index (χ4n) is 1.47. The molecule has 0 aliphatic rings. The quantitative estimate of drug-likeness (QED) is 0.771. The molecular formula is C12H24N4. The third-order valence-corrected chi connectivity index (χ3v) is 3.02. The van der Waals surface area contributed by atoms with Crippen molar-refractivity contribution in [2.45, 2.75) is 47.2 Å². The third-order valence-electron chi connectivity index (χ3n) is 3.02. The third kappa shape index (κ3) is 3.93. The van der Waals surface area contributed by atoms with Crippen molar-refractivity contribution >= 4 is 0 Å². The highest BCUT2D eigenvalue weighted by atomic mass is 15.3. The molecule has 0 saturated carbocycles. The number of aryl methyl sites for hydroxylation is 1. The topological polar surface area (TPSA) is 42.7 Å². The van der Waals surface area contributed by atoms with Crippen LogP contribution in [-0.2, 0) is 13.1 Å². The minimum Gasteiger partial charge on any atom is -0.310 e. The van der Waals surface area contributed by atoms with E-state index in [4.69, 9.17) is 0 Å². The second-order valence-corrected chi connectivity index (χ2v) is 4.75. The smallest absolute Gasteiger partial charge is 0.140 e. The number of nitrogens with zero attached hydrogens (tertiary/aromatic N) is 3. The van der Waals surface area contributed by atoms with Crippen molar-refractivity contribution < 1.29 is 0 Å². The summed E-state index contributed by atoms with van der Waals surface area (Å²) in [6.45, 7) is 11.7. The summed E-state index contributed by atoms with van der Waals surface area (Å²) in [4.78, 5) is 4.27. The summed E-state index contributed by atoms with van der Waals surface area (Å²) in [5.41, 5.74) is 0. The van der Waals surface area contributed by atoms with Crippen LogP contribution < -0.4 is 5.32 Å². The molecule has 0 aliphatic carbocycles. The predicted molar refractivity (Wildman–Crippen MR) is 66.0 cm³/mol. The van der Waals surface area contributed by atoms with Crippen LogP contribution in [0.3, 0.4) is 0 Å². The van der Waals surface area contributed by atoms with Crippen LogP contribution in [-0.4, -0.2) is 21.3 Å². The summed E-state index contributed by atoms with van der Waals surface area (Å²) in [5.74, 6) is 2.46. The highest BCUT2D eigenvalue weighted by Gasteiger charge is 2.07. The number of nitrogens with one attached hydrogen (secondary N) is 1. The molecule has 4 heteroatoms. The molecule has 1 heterocycles. The van der Waals surface area contributed by atoms with Gasteiger partial charge in [0.15, 0.2) is 0 Å². The first kappa shape index (κ1) is 13.2. The molecule has 0 radical (unpaired) electrons. The first-order valence-electron chi connectivity index (χ1n) is 6.22. The van der Waals surface area contributed by atoms with E-state index in [1.165, 1.54) is 0 Å². The van der Waals surface area contributed by atoms with Gasteiger partial charge in [0, 0.05) is 6.54 Å². The Labute approximate surface area is 98.5 Å². The van der Waals surface area contributed by atoms with Gasteiger partial charge in [0.2, 0.25) is 0 Å². The Kier molecular flexibility index (Phi) is 5.46. The summed E-state index contributed by atoms with van der Waals surface area (Å²) in [5, 5.41) is 7.65. The predicted octanol–water partition coefficient (Wildman–Crippen LogP) is 2.07. The number of aromatic nitrogens is 3. The van der Waals surface area contributed by atoms with Crippen molar-refractivity contribution in [3.63, 3.8) is 0 Å². The van der Waals surface area contributed by atoms with Gasteiger partial charge in [-0.2, -0.15) is 5.10 Å². The Bertz CT molecular complexity index is 293. The second kappa shape index (κ2) is 6.63. The van der Waals surface area contributed by atoms with Crippen LogP contribution in [0.2, 0.25) is 0 Å². The number of hydrogen-bond acceptors (Lipinski definition) is 3. The number of rotatable bonds is 7. The van der Waals surface area contributed by atoms with E-state index in [9.17, 15) is 0 Å². The van der Waals surface area contributed by atoms with Crippen molar-refractivity contribution in [2.75, 3.05) is 6.54 Å². The summed E-state index contributed by atoms with van der Waals surface area (Å²) < 4.78 is 1.98. The van der Waals surface area contributed by atoms with E-state index >= 15 is 0 Å². The standard InChI is InChI=1S/C12H24N4/c1-5-6-16-12(14-9-15-16)8-13-7-11(4)10(2)3/h9-11,13H,5-8H2,1-4H3. The van der Waals surface area contributed by atoms with Crippen LogP contribution in [0.15, 0.2) is 6.33 Å². The molecule has 0 bridgehead atoms. The van der Waals surface area contributed by atoms with Crippen LogP contribution in [0, 0.1) is 11.8 Å². The van der Waals surface area contributed by atoms with Crippen LogP contribution in [0.25, 0.3) is 0 Å². The van der Waals surface area contributed by atoms with Crippen molar-refractivity contribution in [3.8, 4) is 0 Å². The van der Waals surface area contributed by atoms with E-state index in [0.717, 1.165) is 37.8 Å². The van der Waals surface area contributed by atoms with E-state index < -0.39 is 0 Å². The Morgan fingerprint density at radius 2 is 2.12 bits per heavy atom. The van der Waals surface area contributed by atoms with Gasteiger partial charge < -0.3 is 5.32 Å². The minimum atomic E-state index is 0.697. The first-order valence-corrected chi connectivity index (χ1v) is 6.22. The highest BCUT2D eigenvalue weighted by Crippen LogP contribution is 2.07. The lowest BCUT2D eigenvalue weighted by atomic mass is 9.98. The molecule has 1 unspecified atom stereocenters. The average Bonchev–Trinajstić information content (AvgIpc) is 2.66. The SMILES string of the molecule is CCCn1ncnc1CNCC(C)C(C)C. The summed E-state index contributed by atoms with van der Waals surface area (Å²) >= 11 is 0. The molecule has 0 aromatic carbocycles. The molecule has 1 atom stereocenters. The van der Waals surface area contributed by atoms with Gasteiger partial charge in [-0.25, -0.2) is 9.67 Å². The molecule has 4 nitrogen and oxygen atoms in total. The van der Waals surface area contributed by atoms with Gasteiger partial charge in [-0.15, -0.1) is 0 Å². The van der Waals surface area contributed by atoms with Gasteiger partial charge in [-0.05, 0) is 24.8 Å². The Morgan fingerprint density at radius 1 is 1.38 bits per heavy atom. The zero-order valence-electron chi connectivity index (χ0n) is 10.9. The van der Waals surface area contributed by atoms with Crippen LogP contribution in [0.4, 0.5) is 0 Å². The van der Waals surface area contributed by atoms with Crippen molar-refractivity contribution in [1.82, 2.24) is 20.1 Å². The molecule has 1 aromatic heterocycles. The Morgan fingerprint density at radius 3 is 2.75 bits per heavy atom. The lowest BCUT2D eigenvalue weighted by molar-refractivity contribution is 0.387. The normalized spacial score (nSPS) is 13.3. The molecule has 1 rings (SSSR count). The Hall–Kier alpha value is -0.900. The first-order chi connectivity index (χ1) is 7.65. The molecule has 1 N–H and O–H groups in total. The lowest BCUT2D eigenvalue weighted by Crippen LogP contribution is -2.25. The van der Waals surface area contributed by atoms with E-state index in [2.05, 4.69) is 43.1 Å². The molecular weight excluding hydrogens is 200 g/mol. The monoisotopic (exact) mass is 224 g/mol. The van der Waals surface area contributed by atoms with E-state index in [-0.39, 0.29) is 0 Å². The highest BCUT2D eigenvalue weighted by molar-refractivity contribution is 4.83. The van der Waals surface area contributed by atoms with E-state index in [1.807, 2.05) is 4.68 Å². The molecule has 16 heavy (non-hydrogen) atoms. The van der Waals surface area contributed by atoms with E-state index in [1.54, 1.807) is 6.33 Å². The van der Waals surface area contributed by atoms with E-state index in [0.29, 0.717) is 5.92 Å². The Balaban J connectivity index is 2.34. The van der Waals surface area contributed by atoms with Crippen molar-refractivity contribution in [1.29, 1.82) is 0 Å². The zero-order chi connectivity index (χ0) is 12.0. The molecule has 0 aliphatic heterocycles. The van der Waals surface area contributed by atoms with Gasteiger partial charge in [0.25, 0.3) is 0 Å². The average molecular weight is 224 g/mol. The van der Waals surface area contributed by atoms with Crippen LogP contribution >= 0.6 is 0 Å². The van der Waals surface area contributed by atoms with Gasteiger partial charge in [0.05, 0.1) is 6.54 Å². The van der Waals surface area contributed by atoms with Crippen LogP contribution in [0.5, 0.6) is 0 Å². The number of hydrogen-bond donors (Lipinski definition) is 1. The lowest BCUT2D eigenvalue weighted by Gasteiger charge is -2.15. The molecule has 0 amide bonds. The molecule has 0 fully saturated rings.